The predicted molar refractivity (Wildman–Crippen MR) is 88.5 cm³/mol. The first-order chi connectivity index (χ1) is 12.2. The number of hydrogen-bond acceptors (Lipinski definition) is 5. The highest BCUT2D eigenvalue weighted by Crippen LogP contribution is 2.07. The van der Waals surface area contributed by atoms with Crippen LogP contribution in [0.4, 0.5) is 4.39 Å². The number of rotatable bonds is 9. The maximum atomic E-state index is 13.0. The summed E-state index contributed by atoms with van der Waals surface area (Å²) < 4.78 is 17.4. The van der Waals surface area contributed by atoms with E-state index < -0.39 is 41.7 Å². The number of nitrogens with one attached hydrogen (secondary N) is 2. The first kappa shape index (κ1) is 21.1. The molecule has 0 heterocycles. The Morgan fingerprint density at radius 3 is 2.23 bits per heavy atom. The van der Waals surface area contributed by atoms with Gasteiger partial charge < -0.3 is 20.5 Å². The quantitative estimate of drug-likeness (QED) is 0.542. The topological polar surface area (TPSA) is 122 Å². The normalized spacial score (nSPS) is 12.6. The van der Waals surface area contributed by atoms with Gasteiger partial charge in [0.2, 0.25) is 11.8 Å². The van der Waals surface area contributed by atoms with Gasteiger partial charge in [-0.15, -0.1) is 0 Å². The lowest BCUT2D eigenvalue weighted by Gasteiger charge is -2.21. The highest BCUT2D eigenvalue weighted by Gasteiger charge is 2.26. The molecule has 0 bridgehead atoms. The van der Waals surface area contributed by atoms with E-state index in [4.69, 9.17) is 0 Å². The van der Waals surface area contributed by atoms with E-state index in [1.807, 2.05) is 0 Å². The van der Waals surface area contributed by atoms with Crippen molar-refractivity contribution >= 4 is 23.8 Å². The number of amides is 2. The minimum absolute atomic E-state index is 0.0506. The summed E-state index contributed by atoms with van der Waals surface area (Å²) in [6.07, 6.45) is -0.289. The molecular formula is C17H21FN2O6. The van der Waals surface area contributed by atoms with Crippen molar-refractivity contribution in [2.75, 3.05) is 7.11 Å². The van der Waals surface area contributed by atoms with Crippen LogP contribution in [0.25, 0.3) is 0 Å². The molecule has 1 rings (SSSR count). The number of carbonyl (C=O) groups is 4. The van der Waals surface area contributed by atoms with E-state index in [1.165, 1.54) is 38.3 Å². The number of esters is 1. The summed E-state index contributed by atoms with van der Waals surface area (Å²) in [5, 5.41) is 13.9. The molecule has 9 heteroatoms. The average molecular weight is 368 g/mol. The van der Waals surface area contributed by atoms with Crippen LogP contribution < -0.4 is 10.6 Å². The second-order valence-corrected chi connectivity index (χ2v) is 5.60. The van der Waals surface area contributed by atoms with E-state index in [1.54, 1.807) is 0 Å². The number of carboxylic acids is 1. The van der Waals surface area contributed by atoms with Gasteiger partial charge in [-0.2, -0.15) is 0 Å². The van der Waals surface area contributed by atoms with Gasteiger partial charge in [0, 0.05) is 19.8 Å². The summed E-state index contributed by atoms with van der Waals surface area (Å²) in [4.78, 5) is 46.2. The second kappa shape index (κ2) is 10.1. The SMILES string of the molecule is COC(=O)CC[C@H](NC(=O)[C@H](Cc1ccc(F)cc1)NC(C)=O)C(=O)O. The zero-order chi connectivity index (χ0) is 19.7. The van der Waals surface area contributed by atoms with Gasteiger partial charge in [0.1, 0.15) is 17.9 Å². The third-order valence-corrected chi connectivity index (χ3v) is 3.53. The Balaban J connectivity index is 2.81. The lowest BCUT2D eigenvalue weighted by atomic mass is 10.0. The van der Waals surface area contributed by atoms with Crippen molar-refractivity contribution in [3.8, 4) is 0 Å². The molecule has 0 spiro atoms. The lowest BCUT2D eigenvalue weighted by Crippen LogP contribution is -2.52. The van der Waals surface area contributed by atoms with Crippen molar-refractivity contribution in [2.45, 2.75) is 38.3 Å². The summed E-state index contributed by atoms with van der Waals surface area (Å²) in [5.74, 6) is -3.56. The lowest BCUT2D eigenvalue weighted by molar-refractivity contribution is -0.144. The molecular weight excluding hydrogens is 347 g/mol. The van der Waals surface area contributed by atoms with Crippen LogP contribution in [0.5, 0.6) is 0 Å². The van der Waals surface area contributed by atoms with Crippen LogP contribution in [-0.2, 0) is 30.3 Å². The number of aliphatic carboxylic acids is 1. The van der Waals surface area contributed by atoms with Crippen molar-refractivity contribution in [3.05, 3.63) is 35.6 Å². The maximum absolute atomic E-state index is 13.0. The van der Waals surface area contributed by atoms with Crippen LogP contribution in [0.15, 0.2) is 24.3 Å². The Hall–Kier alpha value is -2.97. The largest absolute Gasteiger partial charge is 0.480 e. The molecule has 0 saturated heterocycles. The zero-order valence-corrected chi connectivity index (χ0v) is 14.5. The number of ether oxygens (including phenoxy) is 1. The molecule has 0 aromatic heterocycles. The molecule has 1 aromatic carbocycles. The van der Waals surface area contributed by atoms with Crippen molar-refractivity contribution in [3.63, 3.8) is 0 Å². The second-order valence-electron chi connectivity index (χ2n) is 5.60. The molecule has 3 N–H and O–H groups in total. The van der Waals surface area contributed by atoms with Crippen molar-refractivity contribution in [2.24, 2.45) is 0 Å². The van der Waals surface area contributed by atoms with Gasteiger partial charge >= 0.3 is 11.9 Å². The molecule has 142 valence electrons. The predicted octanol–water partition coefficient (Wildman–Crippen LogP) is 0.395. The van der Waals surface area contributed by atoms with Gasteiger partial charge in [0.05, 0.1) is 7.11 Å². The van der Waals surface area contributed by atoms with Crippen LogP contribution in [0.3, 0.4) is 0 Å². The van der Waals surface area contributed by atoms with Gasteiger partial charge in [-0.05, 0) is 24.1 Å². The number of benzene rings is 1. The summed E-state index contributed by atoms with van der Waals surface area (Å²) in [6.45, 7) is 1.22. The molecule has 0 aliphatic rings. The first-order valence-electron chi connectivity index (χ1n) is 7.84. The Labute approximate surface area is 149 Å². The number of methoxy groups -OCH3 is 1. The smallest absolute Gasteiger partial charge is 0.326 e. The van der Waals surface area contributed by atoms with Gasteiger partial charge in [-0.3, -0.25) is 14.4 Å². The van der Waals surface area contributed by atoms with Gasteiger partial charge in [-0.1, -0.05) is 12.1 Å². The Bertz CT molecular complexity index is 662. The zero-order valence-electron chi connectivity index (χ0n) is 14.5. The highest BCUT2D eigenvalue weighted by atomic mass is 19.1. The number of hydrogen-bond donors (Lipinski definition) is 3. The first-order valence-corrected chi connectivity index (χ1v) is 7.84. The van der Waals surface area contributed by atoms with E-state index in [0.717, 1.165) is 0 Å². The number of halogens is 1. The molecule has 0 radical (unpaired) electrons. The third-order valence-electron chi connectivity index (χ3n) is 3.53. The van der Waals surface area contributed by atoms with Crippen molar-refractivity contribution in [1.29, 1.82) is 0 Å². The van der Waals surface area contributed by atoms with Crippen LogP contribution >= 0.6 is 0 Å². The molecule has 2 amide bonds. The van der Waals surface area contributed by atoms with Crippen LogP contribution in [0.2, 0.25) is 0 Å². The molecule has 0 unspecified atom stereocenters. The Morgan fingerprint density at radius 2 is 1.73 bits per heavy atom. The number of carbonyl (C=O) groups excluding carboxylic acids is 3. The summed E-state index contributed by atoms with van der Waals surface area (Å²) >= 11 is 0. The highest BCUT2D eigenvalue weighted by molar-refractivity contribution is 5.90. The molecule has 0 fully saturated rings. The van der Waals surface area contributed by atoms with Crippen molar-refractivity contribution < 1.29 is 33.4 Å². The molecule has 0 saturated carbocycles. The van der Waals surface area contributed by atoms with E-state index in [9.17, 15) is 28.7 Å². The summed E-state index contributed by atoms with van der Waals surface area (Å²) in [5.41, 5.74) is 0.585. The van der Waals surface area contributed by atoms with E-state index >= 15 is 0 Å². The van der Waals surface area contributed by atoms with Crippen LogP contribution in [0, 0.1) is 5.82 Å². The molecule has 8 nitrogen and oxygen atoms in total. The molecule has 2 atom stereocenters. The molecule has 0 aliphatic carbocycles. The Kier molecular flexibility index (Phi) is 8.20. The fourth-order valence-corrected chi connectivity index (χ4v) is 2.20. The van der Waals surface area contributed by atoms with Crippen LogP contribution in [0.1, 0.15) is 25.3 Å². The number of carboxylic acid groups (broad SMARTS) is 1. The minimum Gasteiger partial charge on any atom is -0.480 e. The van der Waals surface area contributed by atoms with Crippen LogP contribution in [-0.4, -0.2) is 48.1 Å². The monoisotopic (exact) mass is 368 g/mol. The van der Waals surface area contributed by atoms with Crippen molar-refractivity contribution in [1.82, 2.24) is 10.6 Å². The van der Waals surface area contributed by atoms with E-state index in [0.29, 0.717) is 5.56 Å². The van der Waals surface area contributed by atoms with E-state index in [2.05, 4.69) is 15.4 Å². The fourth-order valence-electron chi connectivity index (χ4n) is 2.20. The van der Waals surface area contributed by atoms with E-state index in [-0.39, 0.29) is 19.3 Å². The fraction of sp³-hybridized carbons (Fsp3) is 0.412. The summed E-state index contributed by atoms with van der Waals surface area (Å²) in [7, 11) is 1.17. The molecule has 0 aliphatic heterocycles. The average Bonchev–Trinajstić information content (AvgIpc) is 2.58. The maximum Gasteiger partial charge on any atom is 0.326 e. The third kappa shape index (κ3) is 7.29. The summed E-state index contributed by atoms with van der Waals surface area (Å²) in [6, 6.07) is 3.00. The van der Waals surface area contributed by atoms with Gasteiger partial charge in [0.25, 0.3) is 0 Å². The standard InChI is InChI=1S/C17H21FN2O6/c1-10(21)19-14(9-11-3-5-12(18)6-4-11)16(23)20-13(17(24)25)7-8-15(22)26-2/h3-6,13-14H,7-9H2,1-2H3,(H,19,21)(H,20,23)(H,24,25)/t13-,14-/m0/s1. The van der Waals surface area contributed by atoms with Gasteiger partial charge in [-0.25, -0.2) is 9.18 Å². The Morgan fingerprint density at radius 1 is 1.12 bits per heavy atom. The molecule has 1 aromatic rings. The van der Waals surface area contributed by atoms with Gasteiger partial charge in [0.15, 0.2) is 0 Å². The minimum atomic E-state index is -1.31. The molecule has 26 heavy (non-hydrogen) atoms.